The van der Waals surface area contributed by atoms with E-state index in [2.05, 4.69) is 23.5 Å². The molecule has 24 heavy (non-hydrogen) atoms. The fourth-order valence-corrected chi connectivity index (χ4v) is 3.40. The van der Waals surface area contributed by atoms with Crippen molar-refractivity contribution < 1.29 is 9.18 Å². The van der Waals surface area contributed by atoms with Gasteiger partial charge in [0.05, 0.1) is 12.5 Å². The number of nitrogens with one attached hydrogen (secondary N) is 1. The van der Waals surface area contributed by atoms with Crippen molar-refractivity contribution in [3.8, 4) is 0 Å². The monoisotopic (exact) mass is 345 g/mol. The van der Waals surface area contributed by atoms with Crippen molar-refractivity contribution in [2.24, 2.45) is 0 Å². The minimum absolute atomic E-state index is 0.0122. The maximum absolute atomic E-state index is 13.8. The van der Waals surface area contributed by atoms with Crippen LogP contribution in [0.2, 0.25) is 5.02 Å². The third-order valence-corrected chi connectivity index (χ3v) is 4.85. The Bertz CT molecular complexity index is 759. The molecule has 2 aromatic carbocycles. The van der Waals surface area contributed by atoms with Gasteiger partial charge < -0.3 is 5.32 Å². The number of halogens is 2. The zero-order valence-electron chi connectivity index (χ0n) is 13.7. The van der Waals surface area contributed by atoms with E-state index in [4.69, 9.17) is 11.6 Å². The van der Waals surface area contributed by atoms with Gasteiger partial charge in [0.25, 0.3) is 0 Å². The molecule has 2 nitrogen and oxygen atoms in total. The summed E-state index contributed by atoms with van der Waals surface area (Å²) >= 11 is 5.74. The molecule has 0 aliphatic heterocycles. The molecular formula is C20H21ClFNO. The minimum atomic E-state index is -0.445. The minimum Gasteiger partial charge on any atom is -0.349 e. The highest BCUT2D eigenvalue weighted by molar-refractivity contribution is 6.30. The van der Waals surface area contributed by atoms with E-state index in [9.17, 15) is 9.18 Å². The average molecular weight is 346 g/mol. The van der Waals surface area contributed by atoms with E-state index in [1.165, 1.54) is 30.0 Å². The zero-order chi connectivity index (χ0) is 17.1. The lowest BCUT2D eigenvalue weighted by Gasteiger charge is -2.20. The molecule has 4 heteroatoms. The van der Waals surface area contributed by atoms with Crippen LogP contribution in [0.3, 0.4) is 0 Å². The van der Waals surface area contributed by atoms with E-state index in [0.29, 0.717) is 10.6 Å². The number of benzene rings is 2. The van der Waals surface area contributed by atoms with Crippen molar-refractivity contribution >= 4 is 17.5 Å². The van der Waals surface area contributed by atoms with Crippen LogP contribution in [0.4, 0.5) is 4.39 Å². The lowest BCUT2D eigenvalue weighted by molar-refractivity contribution is -0.121. The summed E-state index contributed by atoms with van der Waals surface area (Å²) in [5, 5.41) is 3.29. The molecular weight excluding hydrogens is 325 g/mol. The van der Waals surface area contributed by atoms with E-state index >= 15 is 0 Å². The van der Waals surface area contributed by atoms with Crippen LogP contribution in [0, 0.1) is 5.82 Å². The average Bonchev–Trinajstić information content (AvgIpc) is 2.57. The van der Waals surface area contributed by atoms with Crippen molar-refractivity contribution in [2.45, 2.75) is 45.1 Å². The van der Waals surface area contributed by atoms with E-state index in [1.807, 2.05) is 6.92 Å². The number of hydrogen-bond acceptors (Lipinski definition) is 1. The molecule has 0 saturated heterocycles. The predicted molar refractivity (Wildman–Crippen MR) is 94.8 cm³/mol. The molecule has 1 atom stereocenters. The number of hydrogen-bond donors (Lipinski definition) is 1. The first kappa shape index (κ1) is 17.0. The van der Waals surface area contributed by atoms with Gasteiger partial charge in [0.2, 0.25) is 5.91 Å². The number of carbonyl (C=O) groups excluding carboxylic acids is 1. The number of amides is 1. The molecule has 0 aromatic heterocycles. The third kappa shape index (κ3) is 3.96. The number of carbonyl (C=O) groups is 1. The SMILES string of the molecule is C[C@@H](NC(=O)Cc1ccc(Cl)cc1F)c1ccc2c(c1)CCCC2. The van der Waals surface area contributed by atoms with E-state index in [-0.39, 0.29) is 18.4 Å². The Kier molecular flexibility index (Phi) is 5.20. The van der Waals surface area contributed by atoms with Gasteiger partial charge >= 0.3 is 0 Å². The van der Waals surface area contributed by atoms with Crippen molar-refractivity contribution in [1.82, 2.24) is 5.32 Å². The highest BCUT2D eigenvalue weighted by Crippen LogP contribution is 2.25. The summed E-state index contributed by atoms with van der Waals surface area (Å²) in [6, 6.07) is 10.7. The molecule has 0 saturated carbocycles. The van der Waals surface area contributed by atoms with Crippen LogP contribution in [0.15, 0.2) is 36.4 Å². The Morgan fingerprint density at radius 2 is 1.92 bits per heavy atom. The molecule has 3 rings (SSSR count). The maximum atomic E-state index is 13.8. The van der Waals surface area contributed by atoms with Crippen LogP contribution < -0.4 is 5.32 Å². The van der Waals surface area contributed by atoms with Crippen LogP contribution >= 0.6 is 11.6 Å². The Morgan fingerprint density at radius 1 is 1.17 bits per heavy atom. The fraction of sp³-hybridized carbons (Fsp3) is 0.350. The van der Waals surface area contributed by atoms with Gasteiger partial charge in [0, 0.05) is 5.02 Å². The van der Waals surface area contributed by atoms with Gasteiger partial charge in [0.15, 0.2) is 0 Å². The summed E-state index contributed by atoms with van der Waals surface area (Å²) in [4.78, 5) is 12.2. The molecule has 1 aliphatic carbocycles. The normalized spacial score (nSPS) is 14.8. The summed E-state index contributed by atoms with van der Waals surface area (Å²) in [7, 11) is 0. The van der Waals surface area contributed by atoms with Crippen LogP contribution in [0.1, 0.15) is 48.1 Å². The van der Waals surface area contributed by atoms with Crippen molar-refractivity contribution in [3.05, 3.63) is 69.5 Å². The van der Waals surface area contributed by atoms with Crippen LogP contribution in [0.5, 0.6) is 0 Å². The van der Waals surface area contributed by atoms with E-state index < -0.39 is 5.82 Å². The van der Waals surface area contributed by atoms with Crippen molar-refractivity contribution in [1.29, 1.82) is 0 Å². The predicted octanol–water partition coefficient (Wildman–Crippen LogP) is 4.78. The summed E-state index contributed by atoms with van der Waals surface area (Å²) in [6.07, 6.45) is 4.75. The largest absolute Gasteiger partial charge is 0.349 e. The highest BCUT2D eigenvalue weighted by atomic mass is 35.5. The highest BCUT2D eigenvalue weighted by Gasteiger charge is 2.15. The van der Waals surface area contributed by atoms with Gasteiger partial charge in [-0.2, -0.15) is 0 Å². The summed E-state index contributed by atoms with van der Waals surface area (Å²) < 4.78 is 13.8. The second-order valence-corrected chi connectivity index (χ2v) is 6.87. The first-order chi connectivity index (χ1) is 11.5. The van der Waals surface area contributed by atoms with E-state index in [0.717, 1.165) is 18.4 Å². The lowest BCUT2D eigenvalue weighted by atomic mass is 9.89. The van der Waals surface area contributed by atoms with Gasteiger partial charge in [-0.1, -0.05) is 35.9 Å². The molecule has 0 fully saturated rings. The molecule has 0 spiro atoms. The standard InChI is InChI=1S/C20H21ClFNO/c1-13(15-7-6-14-4-2-3-5-16(14)10-15)23-20(24)11-17-8-9-18(21)12-19(17)22/h6-10,12-13H,2-5,11H2,1H3,(H,23,24)/t13-/m1/s1. The molecule has 1 aliphatic rings. The lowest BCUT2D eigenvalue weighted by Crippen LogP contribution is -2.28. The van der Waals surface area contributed by atoms with Gasteiger partial charge in [-0.15, -0.1) is 0 Å². The maximum Gasteiger partial charge on any atom is 0.225 e. The molecule has 2 aromatic rings. The molecule has 0 unspecified atom stereocenters. The second-order valence-electron chi connectivity index (χ2n) is 6.44. The molecule has 1 amide bonds. The Morgan fingerprint density at radius 3 is 2.67 bits per heavy atom. The van der Waals surface area contributed by atoms with Gasteiger partial charge in [0.1, 0.15) is 5.82 Å². The molecule has 0 heterocycles. The first-order valence-corrected chi connectivity index (χ1v) is 8.76. The zero-order valence-corrected chi connectivity index (χ0v) is 14.5. The summed E-state index contributed by atoms with van der Waals surface area (Å²) in [5.41, 5.74) is 4.27. The fourth-order valence-electron chi connectivity index (χ4n) is 3.24. The van der Waals surface area contributed by atoms with E-state index in [1.54, 1.807) is 12.1 Å². The molecule has 126 valence electrons. The second kappa shape index (κ2) is 7.35. The van der Waals surface area contributed by atoms with Crippen molar-refractivity contribution in [2.75, 3.05) is 0 Å². The molecule has 1 N–H and O–H groups in total. The smallest absolute Gasteiger partial charge is 0.225 e. The topological polar surface area (TPSA) is 29.1 Å². The van der Waals surface area contributed by atoms with Gasteiger partial charge in [-0.3, -0.25) is 4.79 Å². The number of aryl methyl sites for hydroxylation is 2. The number of rotatable bonds is 4. The van der Waals surface area contributed by atoms with Crippen LogP contribution in [0.25, 0.3) is 0 Å². The number of fused-ring (bicyclic) bond motifs is 1. The Balaban J connectivity index is 1.65. The van der Waals surface area contributed by atoms with Crippen LogP contribution in [-0.2, 0) is 24.1 Å². The van der Waals surface area contributed by atoms with Crippen molar-refractivity contribution in [3.63, 3.8) is 0 Å². The quantitative estimate of drug-likeness (QED) is 0.849. The summed E-state index contributed by atoms with van der Waals surface area (Å²) in [6.45, 7) is 1.96. The Labute approximate surface area is 147 Å². The third-order valence-electron chi connectivity index (χ3n) is 4.62. The molecule has 0 bridgehead atoms. The van der Waals surface area contributed by atoms with Gasteiger partial charge in [-0.25, -0.2) is 4.39 Å². The first-order valence-electron chi connectivity index (χ1n) is 8.38. The molecule has 0 radical (unpaired) electrons. The Hall–Kier alpha value is -1.87. The summed E-state index contributed by atoms with van der Waals surface area (Å²) in [5.74, 6) is -0.638. The van der Waals surface area contributed by atoms with Gasteiger partial charge in [-0.05, 0) is 67.0 Å². The van der Waals surface area contributed by atoms with Crippen LogP contribution in [-0.4, -0.2) is 5.91 Å².